The minimum Gasteiger partial charge on any atom is -0.387 e. The van der Waals surface area contributed by atoms with Crippen LogP contribution in [0.4, 0.5) is 5.82 Å². The Morgan fingerprint density at radius 2 is 2.38 bits per heavy atom. The molecule has 2 N–H and O–H groups in total. The van der Waals surface area contributed by atoms with E-state index in [-0.39, 0.29) is 0 Å². The van der Waals surface area contributed by atoms with Gasteiger partial charge < -0.3 is 5.73 Å². The van der Waals surface area contributed by atoms with Crippen molar-refractivity contribution in [3.8, 4) is 0 Å². The minimum absolute atomic E-state index is 0.653. The van der Waals surface area contributed by atoms with Crippen LogP contribution in [0.2, 0.25) is 0 Å². The van der Waals surface area contributed by atoms with Crippen LogP contribution in [0.5, 0.6) is 0 Å². The van der Waals surface area contributed by atoms with Gasteiger partial charge in [-0.15, -0.1) is 0 Å². The molecule has 1 aromatic rings. The third-order valence-electron chi connectivity index (χ3n) is 1.87. The van der Waals surface area contributed by atoms with E-state index in [1.165, 1.54) is 0 Å². The van der Waals surface area contributed by atoms with Gasteiger partial charge in [-0.05, 0) is 13.3 Å². The third-order valence-corrected chi connectivity index (χ3v) is 1.87. The van der Waals surface area contributed by atoms with Gasteiger partial charge in [0.2, 0.25) is 0 Å². The maximum Gasteiger partial charge on any atom is 0.175 e. The molecule has 0 aliphatic heterocycles. The molecular weight excluding hydrogens is 164 g/mol. The summed E-state index contributed by atoms with van der Waals surface area (Å²) in [4.78, 5) is 4.19. The number of hydrogen-bond donors (Lipinski definition) is 1. The summed E-state index contributed by atoms with van der Waals surface area (Å²) >= 11 is 0. The Balaban J connectivity index is 2.78. The van der Waals surface area contributed by atoms with E-state index in [1.54, 1.807) is 4.68 Å². The first kappa shape index (κ1) is 9.77. The van der Waals surface area contributed by atoms with E-state index in [0.717, 1.165) is 18.5 Å². The Morgan fingerprint density at radius 1 is 1.69 bits per heavy atom. The van der Waals surface area contributed by atoms with Crippen LogP contribution in [0.1, 0.15) is 25.5 Å². The largest absolute Gasteiger partial charge is 0.387 e. The van der Waals surface area contributed by atoms with Crippen molar-refractivity contribution >= 4 is 11.7 Å². The summed E-state index contributed by atoms with van der Waals surface area (Å²) in [7, 11) is 1.89. The molecule has 0 atom stereocenters. The standard InChI is InChI=1S/C9H16N4/c1-4-5-8(10)11-9-6-7(2)13(3)12-9/h6H,4-5H2,1-3H3,(H2,10,11,12). The lowest BCUT2D eigenvalue weighted by Gasteiger charge is -1.93. The van der Waals surface area contributed by atoms with Crippen LogP contribution < -0.4 is 5.73 Å². The highest BCUT2D eigenvalue weighted by Crippen LogP contribution is 2.10. The normalized spacial score (nSPS) is 12.1. The van der Waals surface area contributed by atoms with Gasteiger partial charge in [0, 0.05) is 25.2 Å². The number of aryl methyl sites for hydroxylation is 2. The van der Waals surface area contributed by atoms with Crippen molar-refractivity contribution in [2.24, 2.45) is 17.8 Å². The predicted molar refractivity (Wildman–Crippen MR) is 54.1 cm³/mol. The Bertz CT molecular complexity index is 292. The minimum atomic E-state index is 0.653. The molecule has 0 fully saturated rings. The van der Waals surface area contributed by atoms with E-state index >= 15 is 0 Å². The van der Waals surface area contributed by atoms with Crippen molar-refractivity contribution in [1.82, 2.24) is 9.78 Å². The Kier molecular flexibility index (Phi) is 3.06. The van der Waals surface area contributed by atoms with Crippen molar-refractivity contribution in [3.63, 3.8) is 0 Å². The molecule has 0 aliphatic carbocycles. The molecule has 0 aliphatic rings. The topological polar surface area (TPSA) is 56.2 Å². The molecule has 13 heavy (non-hydrogen) atoms. The average Bonchev–Trinajstić information content (AvgIpc) is 2.31. The van der Waals surface area contributed by atoms with E-state index in [4.69, 9.17) is 5.73 Å². The number of nitrogens with zero attached hydrogens (tertiary/aromatic N) is 3. The van der Waals surface area contributed by atoms with Crippen LogP contribution in [-0.4, -0.2) is 15.6 Å². The fraction of sp³-hybridized carbons (Fsp3) is 0.556. The van der Waals surface area contributed by atoms with Crippen LogP contribution in [0.15, 0.2) is 11.1 Å². The highest BCUT2D eigenvalue weighted by Gasteiger charge is 1.99. The molecule has 0 bridgehead atoms. The van der Waals surface area contributed by atoms with E-state index in [2.05, 4.69) is 17.0 Å². The summed E-state index contributed by atoms with van der Waals surface area (Å²) in [6.45, 7) is 4.06. The second-order valence-corrected chi connectivity index (χ2v) is 3.12. The zero-order valence-corrected chi connectivity index (χ0v) is 8.41. The fourth-order valence-corrected chi connectivity index (χ4v) is 1.06. The molecule has 0 spiro atoms. The first-order chi connectivity index (χ1) is 6.13. The molecule has 1 rings (SSSR count). The van der Waals surface area contributed by atoms with Crippen LogP contribution in [0.3, 0.4) is 0 Å². The molecule has 0 amide bonds. The molecule has 4 nitrogen and oxygen atoms in total. The first-order valence-corrected chi connectivity index (χ1v) is 4.47. The zero-order chi connectivity index (χ0) is 9.84. The van der Waals surface area contributed by atoms with Gasteiger partial charge in [0.25, 0.3) is 0 Å². The van der Waals surface area contributed by atoms with Gasteiger partial charge in [0.15, 0.2) is 5.82 Å². The van der Waals surface area contributed by atoms with Gasteiger partial charge in [-0.1, -0.05) is 6.92 Å². The van der Waals surface area contributed by atoms with Gasteiger partial charge in [-0.2, -0.15) is 5.10 Å². The van der Waals surface area contributed by atoms with Gasteiger partial charge in [0.05, 0.1) is 0 Å². The molecule has 1 aromatic heterocycles. The van der Waals surface area contributed by atoms with Crippen molar-refractivity contribution in [2.45, 2.75) is 26.7 Å². The zero-order valence-electron chi connectivity index (χ0n) is 8.41. The molecule has 4 heteroatoms. The first-order valence-electron chi connectivity index (χ1n) is 4.47. The molecule has 72 valence electrons. The van der Waals surface area contributed by atoms with Gasteiger partial charge in [-0.25, -0.2) is 4.99 Å². The van der Waals surface area contributed by atoms with E-state index in [0.29, 0.717) is 11.7 Å². The van der Waals surface area contributed by atoms with Crippen LogP contribution in [0.25, 0.3) is 0 Å². The van der Waals surface area contributed by atoms with Gasteiger partial charge >= 0.3 is 0 Å². The lowest BCUT2D eigenvalue weighted by atomic mass is 10.3. The highest BCUT2D eigenvalue weighted by atomic mass is 15.3. The lowest BCUT2D eigenvalue weighted by molar-refractivity contribution is 0.741. The summed E-state index contributed by atoms with van der Waals surface area (Å²) < 4.78 is 1.79. The second kappa shape index (κ2) is 4.07. The summed E-state index contributed by atoms with van der Waals surface area (Å²) in [5, 5.41) is 4.18. The van der Waals surface area contributed by atoms with Gasteiger partial charge in [-0.3, -0.25) is 4.68 Å². The van der Waals surface area contributed by atoms with E-state index in [9.17, 15) is 0 Å². The lowest BCUT2D eigenvalue weighted by Crippen LogP contribution is -2.09. The third kappa shape index (κ3) is 2.57. The summed E-state index contributed by atoms with van der Waals surface area (Å²) in [5.41, 5.74) is 6.76. The van der Waals surface area contributed by atoms with Crippen molar-refractivity contribution in [3.05, 3.63) is 11.8 Å². The molecule has 0 saturated heterocycles. The SMILES string of the molecule is CCCC(N)=Nc1cc(C)n(C)n1. The van der Waals surface area contributed by atoms with Crippen LogP contribution >= 0.6 is 0 Å². The maximum atomic E-state index is 5.68. The number of nitrogens with two attached hydrogens (primary N) is 1. The summed E-state index contributed by atoms with van der Waals surface area (Å²) in [6, 6.07) is 1.92. The molecule has 0 radical (unpaired) electrons. The molecule has 1 heterocycles. The average molecular weight is 180 g/mol. The molecule has 0 saturated carbocycles. The predicted octanol–water partition coefficient (Wildman–Crippen LogP) is 1.52. The Morgan fingerprint density at radius 3 is 2.85 bits per heavy atom. The van der Waals surface area contributed by atoms with Crippen molar-refractivity contribution < 1.29 is 0 Å². The molecular formula is C9H16N4. The van der Waals surface area contributed by atoms with Crippen molar-refractivity contribution in [2.75, 3.05) is 0 Å². The Hall–Kier alpha value is -1.32. The second-order valence-electron chi connectivity index (χ2n) is 3.12. The van der Waals surface area contributed by atoms with Crippen LogP contribution in [-0.2, 0) is 7.05 Å². The number of aromatic nitrogens is 2. The van der Waals surface area contributed by atoms with Gasteiger partial charge in [0.1, 0.15) is 5.84 Å². The Labute approximate surface area is 78.5 Å². The smallest absolute Gasteiger partial charge is 0.175 e. The monoisotopic (exact) mass is 180 g/mol. The van der Waals surface area contributed by atoms with E-state index in [1.807, 2.05) is 20.0 Å². The summed E-state index contributed by atoms with van der Waals surface area (Å²) in [5.74, 6) is 1.35. The van der Waals surface area contributed by atoms with Crippen molar-refractivity contribution in [1.29, 1.82) is 0 Å². The molecule has 0 aromatic carbocycles. The highest BCUT2D eigenvalue weighted by molar-refractivity contribution is 5.82. The number of amidine groups is 1. The fourth-order valence-electron chi connectivity index (χ4n) is 1.06. The maximum absolute atomic E-state index is 5.68. The molecule has 0 unspecified atom stereocenters. The number of aliphatic imine (C=N–C) groups is 1. The number of hydrogen-bond acceptors (Lipinski definition) is 2. The summed E-state index contributed by atoms with van der Waals surface area (Å²) in [6.07, 6.45) is 1.84. The van der Waals surface area contributed by atoms with Crippen LogP contribution in [0, 0.1) is 6.92 Å². The quantitative estimate of drug-likeness (QED) is 0.566. The van der Waals surface area contributed by atoms with E-state index < -0.39 is 0 Å². The number of rotatable bonds is 3.